The summed E-state index contributed by atoms with van der Waals surface area (Å²) in [5, 5.41) is 3.08. The minimum Gasteiger partial charge on any atom is -0.350 e. The van der Waals surface area contributed by atoms with Gasteiger partial charge in [-0.15, -0.1) is 0 Å². The molecule has 6 nitrogen and oxygen atoms in total. The average molecular weight is 444 g/mol. The van der Waals surface area contributed by atoms with Gasteiger partial charge in [0.1, 0.15) is 6.04 Å². The van der Waals surface area contributed by atoms with Crippen molar-refractivity contribution in [2.45, 2.75) is 33.0 Å². The van der Waals surface area contributed by atoms with Gasteiger partial charge in [-0.25, -0.2) is 8.42 Å². The zero-order chi connectivity index (χ0) is 22.3. The summed E-state index contributed by atoms with van der Waals surface area (Å²) in [6.45, 7) is 8.39. The highest BCUT2D eigenvalue weighted by atomic mass is 32.2. The molecule has 1 unspecified atom stereocenters. The van der Waals surface area contributed by atoms with Gasteiger partial charge >= 0.3 is 0 Å². The maximum atomic E-state index is 13.2. The molecule has 31 heavy (non-hydrogen) atoms. The van der Waals surface area contributed by atoms with E-state index in [4.69, 9.17) is 0 Å². The lowest BCUT2D eigenvalue weighted by atomic mass is 10.0. The molecule has 2 aromatic carbocycles. The summed E-state index contributed by atoms with van der Waals surface area (Å²) in [5.74, 6) is 0.0910. The zero-order valence-electron chi connectivity index (χ0n) is 18.5. The number of nitrogens with zero attached hydrogens (tertiary/aromatic N) is 2. The molecule has 0 aliphatic carbocycles. The Morgan fingerprint density at radius 2 is 1.65 bits per heavy atom. The summed E-state index contributed by atoms with van der Waals surface area (Å²) in [5.41, 5.74) is 3.18. The molecule has 1 aliphatic rings. The van der Waals surface area contributed by atoms with Gasteiger partial charge in [0.05, 0.1) is 11.5 Å². The molecule has 1 aliphatic heterocycles. The topological polar surface area (TPSA) is 69.7 Å². The predicted molar refractivity (Wildman–Crippen MR) is 124 cm³/mol. The van der Waals surface area contributed by atoms with E-state index in [-0.39, 0.29) is 17.4 Å². The molecule has 1 N–H and O–H groups in total. The van der Waals surface area contributed by atoms with Gasteiger partial charge in [-0.1, -0.05) is 68.4 Å². The van der Waals surface area contributed by atoms with Crippen LogP contribution in [0.3, 0.4) is 0 Å². The number of hydrogen-bond donors (Lipinski definition) is 1. The van der Waals surface area contributed by atoms with Crippen molar-refractivity contribution in [3.8, 4) is 0 Å². The van der Waals surface area contributed by atoms with E-state index >= 15 is 0 Å². The van der Waals surface area contributed by atoms with Gasteiger partial charge in [0.25, 0.3) is 0 Å². The predicted octanol–water partition coefficient (Wildman–Crippen LogP) is 2.62. The Kier molecular flexibility index (Phi) is 8.23. The standard InChI is InChI=1S/C24H33N3O3S/c1-3-26(4-2)19-21-10-8-9-20(17-21)18-25-24(28)23(22-11-6-5-7-12-22)27-13-15-31(29,30)16-14-27/h5-12,17,23H,3-4,13-16,18-19H2,1-2H3,(H,25,28). The second kappa shape index (κ2) is 10.9. The summed E-state index contributed by atoms with van der Waals surface area (Å²) < 4.78 is 23.7. The van der Waals surface area contributed by atoms with Crippen LogP contribution in [0.1, 0.15) is 36.6 Å². The normalized spacial score (nSPS) is 17.4. The summed E-state index contributed by atoms with van der Waals surface area (Å²) in [6, 6.07) is 17.4. The first kappa shape index (κ1) is 23.4. The molecule has 7 heteroatoms. The molecule has 0 spiro atoms. The second-order valence-corrected chi connectivity index (χ2v) is 10.3. The monoisotopic (exact) mass is 443 g/mol. The van der Waals surface area contributed by atoms with E-state index in [0.717, 1.165) is 30.8 Å². The summed E-state index contributed by atoms with van der Waals surface area (Å²) in [7, 11) is -3.01. The van der Waals surface area contributed by atoms with E-state index in [1.165, 1.54) is 5.56 Å². The number of nitrogens with one attached hydrogen (secondary N) is 1. The molecule has 2 aromatic rings. The van der Waals surface area contributed by atoms with Crippen molar-refractivity contribution in [2.24, 2.45) is 0 Å². The largest absolute Gasteiger partial charge is 0.350 e. The Morgan fingerprint density at radius 1 is 1.00 bits per heavy atom. The van der Waals surface area contributed by atoms with E-state index in [0.29, 0.717) is 19.6 Å². The number of rotatable bonds is 9. The fourth-order valence-electron chi connectivity index (χ4n) is 3.98. The minimum absolute atomic E-state index is 0.0943. The maximum Gasteiger partial charge on any atom is 0.242 e. The van der Waals surface area contributed by atoms with Gasteiger partial charge in [0.2, 0.25) is 5.91 Å². The number of benzene rings is 2. The van der Waals surface area contributed by atoms with Crippen molar-refractivity contribution in [3.05, 3.63) is 71.3 Å². The number of hydrogen-bond acceptors (Lipinski definition) is 5. The fraction of sp³-hybridized carbons (Fsp3) is 0.458. The van der Waals surface area contributed by atoms with Gasteiger partial charge in [-0.2, -0.15) is 0 Å². The van der Waals surface area contributed by atoms with E-state index in [9.17, 15) is 13.2 Å². The number of amides is 1. The SMILES string of the molecule is CCN(CC)Cc1cccc(CNC(=O)C(c2ccccc2)N2CCS(=O)(=O)CC2)c1. The lowest BCUT2D eigenvalue weighted by molar-refractivity contribution is -0.126. The van der Waals surface area contributed by atoms with Crippen molar-refractivity contribution in [2.75, 3.05) is 37.7 Å². The van der Waals surface area contributed by atoms with E-state index in [2.05, 4.69) is 36.2 Å². The van der Waals surface area contributed by atoms with Gasteiger partial charge < -0.3 is 5.32 Å². The van der Waals surface area contributed by atoms with Crippen LogP contribution in [0.25, 0.3) is 0 Å². The molecular formula is C24H33N3O3S. The highest BCUT2D eigenvalue weighted by Crippen LogP contribution is 2.23. The van der Waals surface area contributed by atoms with Crippen molar-refractivity contribution in [3.63, 3.8) is 0 Å². The van der Waals surface area contributed by atoms with Gasteiger partial charge in [-0.05, 0) is 29.8 Å². The van der Waals surface area contributed by atoms with E-state index < -0.39 is 15.9 Å². The lowest BCUT2D eigenvalue weighted by Crippen LogP contribution is -2.47. The molecular weight excluding hydrogens is 410 g/mol. The first-order chi connectivity index (χ1) is 14.9. The van der Waals surface area contributed by atoms with Crippen molar-refractivity contribution < 1.29 is 13.2 Å². The fourth-order valence-corrected chi connectivity index (χ4v) is 5.21. The molecule has 168 valence electrons. The Labute approximate surface area is 186 Å². The first-order valence-electron chi connectivity index (χ1n) is 11.0. The van der Waals surface area contributed by atoms with Gasteiger partial charge in [0, 0.05) is 26.2 Å². The summed E-state index contributed by atoms with van der Waals surface area (Å²) in [6.07, 6.45) is 0. The Morgan fingerprint density at radius 3 is 2.29 bits per heavy atom. The third kappa shape index (κ3) is 6.63. The molecule has 0 radical (unpaired) electrons. The lowest BCUT2D eigenvalue weighted by Gasteiger charge is -2.33. The van der Waals surface area contributed by atoms with E-state index in [1.807, 2.05) is 47.4 Å². The van der Waals surface area contributed by atoms with Gasteiger partial charge in [0.15, 0.2) is 9.84 Å². The average Bonchev–Trinajstić information content (AvgIpc) is 2.78. The van der Waals surface area contributed by atoms with Crippen molar-refractivity contribution >= 4 is 15.7 Å². The van der Waals surface area contributed by atoms with Crippen LogP contribution in [-0.4, -0.2) is 61.8 Å². The zero-order valence-corrected chi connectivity index (χ0v) is 19.3. The van der Waals surface area contributed by atoms with Crippen LogP contribution >= 0.6 is 0 Å². The van der Waals surface area contributed by atoms with Crippen LogP contribution in [0.15, 0.2) is 54.6 Å². The highest BCUT2D eigenvalue weighted by molar-refractivity contribution is 7.91. The van der Waals surface area contributed by atoms with Crippen LogP contribution < -0.4 is 5.32 Å². The first-order valence-corrected chi connectivity index (χ1v) is 12.8. The van der Waals surface area contributed by atoms with Crippen molar-refractivity contribution in [1.29, 1.82) is 0 Å². The summed E-state index contributed by atoms with van der Waals surface area (Å²) in [4.78, 5) is 17.6. The highest BCUT2D eigenvalue weighted by Gasteiger charge is 2.32. The molecule has 0 aromatic heterocycles. The molecule has 1 amide bonds. The molecule has 3 rings (SSSR count). The molecule has 0 bridgehead atoms. The molecule has 1 atom stereocenters. The van der Waals surface area contributed by atoms with E-state index in [1.54, 1.807) is 0 Å². The third-order valence-corrected chi connectivity index (χ3v) is 7.48. The van der Waals surface area contributed by atoms with Crippen LogP contribution in [0, 0.1) is 0 Å². The Hall–Kier alpha value is -2.22. The molecule has 1 heterocycles. The number of carbonyl (C=O) groups excluding carboxylic acids is 1. The minimum atomic E-state index is -3.01. The molecule has 0 saturated carbocycles. The maximum absolute atomic E-state index is 13.2. The Bertz CT molecular complexity index is 945. The summed E-state index contributed by atoms with van der Waals surface area (Å²) >= 11 is 0. The molecule has 1 fully saturated rings. The van der Waals surface area contributed by atoms with Crippen LogP contribution in [-0.2, 0) is 27.7 Å². The van der Waals surface area contributed by atoms with Crippen LogP contribution in [0.2, 0.25) is 0 Å². The van der Waals surface area contributed by atoms with Crippen LogP contribution in [0.4, 0.5) is 0 Å². The van der Waals surface area contributed by atoms with Crippen molar-refractivity contribution in [1.82, 2.24) is 15.1 Å². The van der Waals surface area contributed by atoms with Gasteiger partial charge in [-0.3, -0.25) is 14.6 Å². The number of carbonyl (C=O) groups is 1. The number of sulfone groups is 1. The third-order valence-electron chi connectivity index (χ3n) is 5.87. The molecule has 1 saturated heterocycles. The Balaban J connectivity index is 1.70. The second-order valence-electron chi connectivity index (χ2n) is 8.00. The van der Waals surface area contributed by atoms with Crippen LogP contribution in [0.5, 0.6) is 0 Å². The quantitative estimate of drug-likeness (QED) is 0.645. The smallest absolute Gasteiger partial charge is 0.242 e.